The summed E-state index contributed by atoms with van der Waals surface area (Å²) in [5.74, 6) is -2.47. The molecule has 3 N–H and O–H groups in total. The fourth-order valence-corrected chi connectivity index (χ4v) is 4.56. The van der Waals surface area contributed by atoms with Crippen molar-refractivity contribution >= 4 is 29.2 Å². The maximum Gasteiger partial charge on any atom is 0.323 e. The van der Waals surface area contributed by atoms with E-state index in [2.05, 4.69) is 10.6 Å². The van der Waals surface area contributed by atoms with Crippen LogP contribution in [0, 0.1) is 28.9 Å². The number of benzene rings is 3. The highest BCUT2D eigenvalue weighted by atomic mass is 19.1. The van der Waals surface area contributed by atoms with Crippen molar-refractivity contribution < 1.29 is 28.3 Å². The molecule has 1 aliphatic carbocycles. The summed E-state index contributed by atoms with van der Waals surface area (Å²) in [7, 11) is 0. The second-order valence-corrected chi connectivity index (χ2v) is 10.1. The summed E-state index contributed by atoms with van der Waals surface area (Å²) in [6.45, 7) is 3.39. The summed E-state index contributed by atoms with van der Waals surface area (Å²) in [5, 5.41) is 14.3. The fourth-order valence-electron chi connectivity index (χ4n) is 4.56. The molecule has 0 aliphatic heterocycles. The van der Waals surface area contributed by atoms with E-state index in [9.17, 15) is 28.3 Å². The van der Waals surface area contributed by atoms with E-state index in [-0.39, 0.29) is 23.3 Å². The molecule has 0 bridgehead atoms. The van der Waals surface area contributed by atoms with Gasteiger partial charge in [-0.05, 0) is 74.4 Å². The number of Topliss-reactive ketones (excluding diaryl/α,β-unsaturated/α-hetero) is 1. The minimum absolute atomic E-state index is 0.0483. The van der Waals surface area contributed by atoms with Crippen LogP contribution in [0.15, 0.2) is 66.7 Å². The van der Waals surface area contributed by atoms with Crippen LogP contribution in [0.4, 0.5) is 25.0 Å². The van der Waals surface area contributed by atoms with Gasteiger partial charge in [-0.2, -0.15) is 0 Å². The molecule has 2 unspecified atom stereocenters. The molecule has 0 aromatic heterocycles. The topological polar surface area (TPSA) is 95.5 Å². The van der Waals surface area contributed by atoms with Crippen LogP contribution < -0.4 is 10.6 Å². The van der Waals surface area contributed by atoms with E-state index >= 15 is 0 Å². The second kappa shape index (κ2) is 10.5. The zero-order chi connectivity index (χ0) is 26.7. The third-order valence-electron chi connectivity index (χ3n) is 6.93. The maximum atomic E-state index is 13.7. The Morgan fingerprint density at radius 1 is 0.892 bits per heavy atom. The Kier molecular flexibility index (Phi) is 7.38. The van der Waals surface area contributed by atoms with Crippen molar-refractivity contribution in [3.8, 4) is 11.1 Å². The van der Waals surface area contributed by atoms with Crippen LogP contribution in [-0.4, -0.2) is 22.9 Å². The number of halogens is 2. The predicted octanol–water partition coefficient (Wildman–Crippen LogP) is 6.99. The largest absolute Gasteiger partial charge is 0.481 e. The van der Waals surface area contributed by atoms with Gasteiger partial charge >= 0.3 is 12.0 Å². The molecule has 1 aliphatic rings. The summed E-state index contributed by atoms with van der Waals surface area (Å²) in [4.78, 5) is 36.6. The highest BCUT2D eigenvalue weighted by Gasteiger charge is 2.42. The minimum atomic E-state index is -0.871. The lowest BCUT2D eigenvalue weighted by Crippen LogP contribution is -2.38. The molecule has 0 heterocycles. The number of urea groups is 1. The van der Waals surface area contributed by atoms with E-state index in [1.807, 2.05) is 12.1 Å². The number of carboxylic acid groups (broad SMARTS) is 1. The number of amides is 2. The number of aliphatic carboxylic acids is 1. The second-order valence-electron chi connectivity index (χ2n) is 10.1. The summed E-state index contributed by atoms with van der Waals surface area (Å²) < 4.78 is 26.7. The molecule has 37 heavy (non-hydrogen) atoms. The Hall–Kier alpha value is -4.07. The SMILES string of the molecule is CC(C)(CC1CCC1C(=O)c1ccc(-c2ccc(NC(=O)Nc3ccc(F)cc3F)cc2)cc1)C(=O)O. The van der Waals surface area contributed by atoms with Gasteiger partial charge in [0.05, 0.1) is 11.1 Å². The van der Waals surface area contributed by atoms with Gasteiger partial charge in [0.15, 0.2) is 5.78 Å². The molecule has 3 aromatic carbocycles. The Balaban J connectivity index is 1.36. The van der Waals surface area contributed by atoms with Gasteiger partial charge in [-0.1, -0.05) is 36.4 Å². The molecule has 0 spiro atoms. The first-order valence-electron chi connectivity index (χ1n) is 12.0. The lowest BCUT2D eigenvalue weighted by Gasteiger charge is -2.39. The van der Waals surface area contributed by atoms with Gasteiger partial charge in [-0.15, -0.1) is 0 Å². The van der Waals surface area contributed by atoms with E-state index in [0.29, 0.717) is 23.7 Å². The zero-order valence-electron chi connectivity index (χ0n) is 20.6. The number of ketones is 1. The number of anilines is 2. The van der Waals surface area contributed by atoms with Crippen molar-refractivity contribution in [1.82, 2.24) is 0 Å². The van der Waals surface area contributed by atoms with Crippen molar-refractivity contribution in [3.63, 3.8) is 0 Å². The molecule has 0 saturated heterocycles. The molecule has 1 saturated carbocycles. The first kappa shape index (κ1) is 26.0. The van der Waals surface area contributed by atoms with E-state index < -0.39 is 29.0 Å². The van der Waals surface area contributed by atoms with Crippen molar-refractivity contribution in [1.29, 1.82) is 0 Å². The van der Waals surface area contributed by atoms with Gasteiger partial charge in [-0.3, -0.25) is 9.59 Å². The van der Waals surface area contributed by atoms with Crippen molar-refractivity contribution in [2.75, 3.05) is 10.6 Å². The lowest BCUT2D eigenvalue weighted by atomic mass is 9.64. The van der Waals surface area contributed by atoms with Crippen molar-refractivity contribution in [2.24, 2.45) is 17.3 Å². The molecule has 8 heteroatoms. The summed E-state index contributed by atoms with van der Waals surface area (Å²) in [6, 6.07) is 16.5. The first-order chi connectivity index (χ1) is 17.5. The molecule has 0 radical (unpaired) electrons. The first-order valence-corrected chi connectivity index (χ1v) is 12.0. The molecule has 3 aromatic rings. The van der Waals surface area contributed by atoms with E-state index in [0.717, 1.165) is 36.1 Å². The third kappa shape index (κ3) is 6.02. The summed E-state index contributed by atoms with van der Waals surface area (Å²) in [5.41, 5.74) is 1.86. The normalized spacial score (nSPS) is 17.0. The standard InChI is InChI=1S/C29H28F2N2O4/c1-29(2,27(35)36)16-20-9-13-23(20)26(34)19-5-3-17(4-6-19)18-7-11-22(12-8-18)32-28(37)33-25-14-10-21(30)15-24(25)31/h3-8,10-12,14-15,20,23H,9,13,16H2,1-2H3,(H,35,36)(H2,32,33,37). The third-order valence-corrected chi connectivity index (χ3v) is 6.93. The number of nitrogens with one attached hydrogen (secondary N) is 2. The number of carbonyl (C=O) groups excluding carboxylic acids is 2. The number of rotatable bonds is 8. The molecule has 2 atom stereocenters. The Morgan fingerprint density at radius 2 is 1.51 bits per heavy atom. The smallest absolute Gasteiger partial charge is 0.323 e. The fraction of sp³-hybridized carbons (Fsp3) is 0.276. The molecule has 2 amide bonds. The van der Waals surface area contributed by atoms with E-state index in [1.165, 1.54) is 0 Å². The van der Waals surface area contributed by atoms with Gasteiger partial charge in [0.2, 0.25) is 0 Å². The van der Waals surface area contributed by atoms with Gasteiger partial charge in [0.25, 0.3) is 0 Å². The molecule has 4 rings (SSSR count). The van der Waals surface area contributed by atoms with Crippen LogP contribution in [0.3, 0.4) is 0 Å². The van der Waals surface area contributed by atoms with Crippen molar-refractivity contribution in [3.05, 3.63) is 83.9 Å². The summed E-state index contributed by atoms with van der Waals surface area (Å²) in [6.07, 6.45) is 2.12. The molecule has 1 fully saturated rings. The van der Waals surface area contributed by atoms with Gasteiger partial charge < -0.3 is 15.7 Å². The predicted molar refractivity (Wildman–Crippen MR) is 137 cm³/mol. The van der Waals surface area contributed by atoms with E-state index in [4.69, 9.17) is 0 Å². The van der Waals surface area contributed by atoms with Gasteiger partial charge in [0.1, 0.15) is 11.6 Å². The average molecular weight is 507 g/mol. The monoisotopic (exact) mass is 506 g/mol. The van der Waals surface area contributed by atoms with Crippen LogP contribution in [0.25, 0.3) is 11.1 Å². The quantitative estimate of drug-likeness (QED) is 0.287. The van der Waals surface area contributed by atoms with Crippen LogP contribution in [-0.2, 0) is 4.79 Å². The number of hydrogen-bond donors (Lipinski definition) is 3. The van der Waals surface area contributed by atoms with Crippen LogP contribution in [0.2, 0.25) is 0 Å². The summed E-state index contributed by atoms with van der Waals surface area (Å²) >= 11 is 0. The van der Waals surface area contributed by atoms with Crippen LogP contribution in [0.5, 0.6) is 0 Å². The van der Waals surface area contributed by atoms with E-state index in [1.54, 1.807) is 50.2 Å². The Morgan fingerprint density at radius 3 is 2.05 bits per heavy atom. The Bertz CT molecular complexity index is 1320. The average Bonchev–Trinajstić information content (AvgIpc) is 2.84. The highest BCUT2D eigenvalue weighted by Crippen LogP contribution is 2.44. The van der Waals surface area contributed by atoms with Crippen LogP contribution >= 0.6 is 0 Å². The highest BCUT2D eigenvalue weighted by molar-refractivity contribution is 6.00. The number of hydrogen-bond acceptors (Lipinski definition) is 3. The molecule has 192 valence electrons. The minimum Gasteiger partial charge on any atom is -0.481 e. The number of carboxylic acids is 1. The lowest BCUT2D eigenvalue weighted by molar-refractivity contribution is -0.148. The van der Waals surface area contributed by atoms with Crippen LogP contribution in [0.1, 0.15) is 43.5 Å². The maximum absolute atomic E-state index is 13.7. The molecule has 6 nitrogen and oxygen atoms in total. The Labute approximate surface area is 213 Å². The zero-order valence-corrected chi connectivity index (χ0v) is 20.6. The van der Waals surface area contributed by atoms with Gasteiger partial charge in [0, 0.05) is 23.2 Å². The van der Waals surface area contributed by atoms with Crippen molar-refractivity contribution in [2.45, 2.75) is 33.1 Å². The molecular weight excluding hydrogens is 478 g/mol. The number of carbonyl (C=O) groups is 3. The van der Waals surface area contributed by atoms with Gasteiger partial charge in [-0.25, -0.2) is 13.6 Å². The molecular formula is C29H28F2N2O4.